The van der Waals surface area contributed by atoms with Crippen molar-refractivity contribution < 1.29 is 13.9 Å². The zero-order valence-corrected chi connectivity index (χ0v) is 11.3. The highest BCUT2D eigenvalue weighted by Gasteiger charge is 2.55. The molecule has 1 aliphatic rings. The van der Waals surface area contributed by atoms with E-state index in [2.05, 4.69) is 0 Å². The van der Waals surface area contributed by atoms with E-state index in [4.69, 9.17) is 10.5 Å². The maximum Gasteiger partial charge on any atom is 0.410 e. The predicted octanol–water partition coefficient (Wildman–Crippen LogP) is 1.93. The second-order valence-electron chi connectivity index (χ2n) is 6.29. The van der Waals surface area contributed by atoms with E-state index in [1.807, 2.05) is 0 Å². The average molecular weight is 246 g/mol. The van der Waals surface area contributed by atoms with Crippen LogP contribution in [0.5, 0.6) is 0 Å². The lowest BCUT2D eigenvalue weighted by molar-refractivity contribution is -0.0961. The summed E-state index contributed by atoms with van der Waals surface area (Å²) in [4.78, 5) is 13.2. The van der Waals surface area contributed by atoms with Gasteiger partial charge in [0, 0.05) is 19.6 Å². The maximum atomic E-state index is 14.0. The van der Waals surface area contributed by atoms with Crippen LogP contribution in [0.1, 0.15) is 34.6 Å². The molecular formula is C12H23FN2O2. The SMILES string of the molecule is CC(C)(C)OC(=O)N1CC(CN)(C(C)(C)F)C1. The first-order valence-corrected chi connectivity index (χ1v) is 5.88. The molecule has 1 fully saturated rings. The Kier molecular flexibility index (Phi) is 3.45. The van der Waals surface area contributed by atoms with Gasteiger partial charge in [-0.15, -0.1) is 0 Å². The van der Waals surface area contributed by atoms with Crippen molar-refractivity contribution in [3.63, 3.8) is 0 Å². The van der Waals surface area contributed by atoms with E-state index in [0.29, 0.717) is 13.1 Å². The molecule has 0 saturated carbocycles. The van der Waals surface area contributed by atoms with Gasteiger partial charge in [-0.2, -0.15) is 0 Å². The third-order valence-corrected chi connectivity index (χ3v) is 3.29. The van der Waals surface area contributed by atoms with Gasteiger partial charge in [-0.05, 0) is 34.6 Å². The molecule has 1 saturated heterocycles. The van der Waals surface area contributed by atoms with E-state index in [0.717, 1.165) is 0 Å². The molecular weight excluding hydrogens is 223 g/mol. The fourth-order valence-corrected chi connectivity index (χ4v) is 1.89. The minimum Gasteiger partial charge on any atom is -0.444 e. The molecule has 100 valence electrons. The zero-order chi connectivity index (χ0) is 13.5. The highest BCUT2D eigenvalue weighted by molar-refractivity contribution is 5.69. The molecule has 5 heteroatoms. The zero-order valence-electron chi connectivity index (χ0n) is 11.3. The van der Waals surface area contributed by atoms with Gasteiger partial charge in [-0.1, -0.05) is 0 Å². The minimum absolute atomic E-state index is 0.232. The Morgan fingerprint density at radius 3 is 2.12 bits per heavy atom. The smallest absolute Gasteiger partial charge is 0.410 e. The molecule has 4 nitrogen and oxygen atoms in total. The highest BCUT2D eigenvalue weighted by atomic mass is 19.1. The third-order valence-electron chi connectivity index (χ3n) is 3.29. The van der Waals surface area contributed by atoms with Crippen LogP contribution in [0.25, 0.3) is 0 Å². The largest absolute Gasteiger partial charge is 0.444 e. The van der Waals surface area contributed by atoms with Crippen LogP contribution in [0.4, 0.5) is 9.18 Å². The van der Waals surface area contributed by atoms with Crippen LogP contribution in [0, 0.1) is 5.41 Å². The van der Waals surface area contributed by atoms with Crippen LogP contribution in [0.3, 0.4) is 0 Å². The van der Waals surface area contributed by atoms with E-state index < -0.39 is 22.8 Å². The molecule has 1 aliphatic heterocycles. The van der Waals surface area contributed by atoms with Crippen LogP contribution < -0.4 is 5.73 Å². The van der Waals surface area contributed by atoms with Crippen LogP contribution in [0.2, 0.25) is 0 Å². The van der Waals surface area contributed by atoms with Crippen LogP contribution in [0.15, 0.2) is 0 Å². The number of carbonyl (C=O) groups is 1. The molecule has 0 aromatic carbocycles. The Balaban J connectivity index is 2.59. The molecule has 0 atom stereocenters. The number of amides is 1. The number of ether oxygens (including phenoxy) is 1. The lowest BCUT2D eigenvalue weighted by atomic mass is 9.69. The Hall–Kier alpha value is -0.840. The summed E-state index contributed by atoms with van der Waals surface area (Å²) < 4.78 is 19.2. The van der Waals surface area contributed by atoms with E-state index >= 15 is 0 Å². The van der Waals surface area contributed by atoms with Crippen LogP contribution >= 0.6 is 0 Å². The van der Waals surface area contributed by atoms with Gasteiger partial charge in [0.2, 0.25) is 0 Å². The number of likely N-dealkylation sites (tertiary alicyclic amines) is 1. The molecule has 1 rings (SSSR count). The van der Waals surface area contributed by atoms with Crippen molar-refractivity contribution in [2.45, 2.75) is 45.9 Å². The summed E-state index contributed by atoms with van der Waals surface area (Å²) in [7, 11) is 0. The molecule has 1 heterocycles. The predicted molar refractivity (Wildman–Crippen MR) is 64.5 cm³/mol. The monoisotopic (exact) mass is 246 g/mol. The Morgan fingerprint density at radius 1 is 1.35 bits per heavy atom. The standard InChI is InChI=1S/C12H23FN2O2/c1-10(2,3)17-9(16)15-7-12(6-14,8-15)11(4,5)13/h6-8,14H2,1-5H3. The molecule has 1 amide bonds. The van der Waals surface area contributed by atoms with Gasteiger partial charge < -0.3 is 15.4 Å². The van der Waals surface area contributed by atoms with Gasteiger partial charge >= 0.3 is 6.09 Å². The lowest BCUT2D eigenvalue weighted by Crippen LogP contribution is -2.68. The van der Waals surface area contributed by atoms with Crippen LogP contribution in [-0.2, 0) is 4.74 Å². The van der Waals surface area contributed by atoms with E-state index in [9.17, 15) is 9.18 Å². The van der Waals surface area contributed by atoms with Gasteiger partial charge in [0.05, 0.1) is 5.41 Å². The van der Waals surface area contributed by atoms with Gasteiger partial charge in [0.1, 0.15) is 11.3 Å². The molecule has 17 heavy (non-hydrogen) atoms. The second kappa shape index (κ2) is 4.12. The molecule has 2 N–H and O–H groups in total. The Bertz CT molecular complexity index is 299. The summed E-state index contributed by atoms with van der Waals surface area (Å²) in [5.41, 5.74) is 3.08. The molecule has 0 spiro atoms. The van der Waals surface area contributed by atoms with Crippen molar-refractivity contribution >= 4 is 6.09 Å². The first-order chi connectivity index (χ1) is 7.51. The van der Waals surface area contributed by atoms with E-state index in [1.165, 1.54) is 18.7 Å². The number of carbonyl (C=O) groups excluding carboxylic acids is 1. The summed E-state index contributed by atoms with van der Waals surface area (Å²) in [5.74, 6) is 0. The van der Waals surface area contributed by atoms with Gasteiger partial charge in [-0.3, -0.25) is 0 Å². The third kappa shape index (κ3) is 2.89. The Labute approximate surface area is 102 Å². The lowest BCUT2D eigenvalue weighted by Gasteiger charge is -2.54. The number of halogens is 1. The van der Waals surface area contributed by atoms with Crippen molar-refractivity contribution in [3.8, 4) is 0 Å². The highest BCUT2D eigenvalue weighted by Crippen LogP contribution is 2.42. The molecule has 0 aliphatic carbocycles. The molecule has 0 aromatic heterocycles. The molecule has 0 bridgehead atoms. The van der Waals surface area contributed by atoms with Crippen LogP contribution in [-0.4, -0.2) is 41.9 Å². The summed E-state index contributed by atoms with van der Waals surface area (Å²) in [6.07, 6.45) is -0.397. The van der Waals surface area contributed by atoms with Crippen molar-refractivity contribution in [2.24, 2.45) is 11.1 Å². The number of hydrogen-bond acceptors (Lipinski definition) is 3. The van der Waals surface area contributed by atoms with E-state index in [1.54, 1.807) is 20.8 Å². The second-order valence-corrected chi connectivity index (χ2v) is 6.29. The minimum atomic E-state index is -1.39. The van der Waals surface area contributed by atoms with Gasteiger partial charge in [-0.25, -0.2) is 9.18 Å². The van der Waals surface area contributed by atoms with Crippen molar-refractivity contribution in [3.05, 3.63) is 0 Å². The summed E-state index contributed by atoms with van der Waals surface area (Å²) in [6.45, 7) is 9.30. The normalized spacial score (nSPS) is 19.8. The average Bonchev–Trinajstić information content (AvgIpc) is 1.95. The van der Waals surface area contributed by atoms with Crippen molar-refractivity contribution in [1.29, 1.82) is 0 Å². The number of nitrogens with zero attached hydrogens (tertiary/aromatic N) is 1. The fourth-order valence-electron chi connectivity index (χ4n) is 1.89. The molecule has 0 aromatic rings. The van der Waals surface area contributed by atoms with Crippen molar-refractivity contribution in [2.75, 3.05) is 19.6 Å². The first-order valence-electron chi connectivity index (χ1n) is 5.88. The first kappa shape index (κ1) is 14.2. The maximum absolute atomic E-state index is 14.0. The quantitative estimate of drug-likeness (QED) is 0.810. The number of nitrogens with two attached hydrogens (primary N) is 1. The molecule has 0 unspecified atom stereocenters. The van der Waals surface area contributed by atoms with Crippen molar-refractivity contribution in [1.82, 2.24) is 4.90 Å². The number of rotatable bonds is 2. The number of hydrogen-bond donors (Lipinski definition) is 1. The molecule has 0 radical (unpaired) electrons. The summed E-state index contributed by atoms with van der Waals surface area (Å²) >= 11 is 0. The fraction of sp³-hybridized carbons (Fsp3) is 0.917. The summed E-state index contributed by atoms with van der Waals surface area (Å²) in [6, 6.07) is 0. The topological polar surface area (TPSA) is 55.6 Å². The van der Waals surface area contributed by atoms with Gasteiger partial charge in [0.15, 0.2) is 0 Å². The van der Waals surface area contributed by atoms with Gasteiger partial charge in [0.25, 0.3) is 0 Å². The number of alkyl halides is 1. The Morgan fingerprint density at radius 2 is 1.82 bits per heavy atom. The summed E-state index contributed by atoms with van der Waals surface area (Å²) in [5, 5.41) is 0. The van der Waals surface area contributed by atoms with E-state index in [-0.39, 0.29) is 6.54 Å².